The zero-order valence-electron chi connectivity index (χ0n) is 11.4. The summed E-state index contributed by atoms with van der Waals surface area (Å²) in [6.45, 7) is 7.49. The van der Waals surface area contributed by atoms with Crippen LogP contribution in [-0.2, 0) is 0 Å². The molecule has 0 aliphatic rings. The van der Waals surface area contributed by atoms with E-state index in [1.807, 2.05) is 32.9 Å². The van der Waals surface area contributed by atoms with Gasteiger partial charge < -0.3 is 10.5 Å². The number of nitrogen functional groups attached to an aromatic ring is 1. The van der Waals surface area contributed by atoms with Gasteiger partial charge in [-0.2, -0.15) is 4.98 Å². The van der Waals surface area contributed by atoms with Crippen molar-refractivity contribution in [2.24, 2.45) is 0 Å². The summed E-state index contributed by atoms with van der Waals surface area (Å²) < 4.78 is 5.80. The van der Waals surface area contributed by atoms with Crippen LogP contribution < -0.4 is 10.5 Å². The van der Waals surface area contributed by atoms with E-state index < -0.39 is 0 Å². The number of rotatable bonds is 2. The third kappa shape index (κ3) is 2.79. The zero-order valence-corrected chi connectivity index (χ0v) is 12.2. The molecule has 4 nitrogen and oxygen atoms in total. The first kappa shape index (κ1) is 13.6. The van der Waals surface area contributed by atoms with Gasteiger partial charge in [-0.1, -0.05) is 11.6 Å². The molecule has 1 aromatic carbocycles. The van der Waals surface area contributed by atoms with Crippen LogP contribution in [0.5, 0.6) is 11.6 Å². The lowest BCUT2D eigenvalue weighted by atomic mass is 10.1. The van der Waals surface area contributed by atoms with Crippen molar-refractivity contribution in [3.8, 4) is 11.6 Å². The Hall–Kier alpha value is -1.81. The van der Waals surface area contributed by atoms with Crippen molar-refractivity contribution in [1.29, 1.82) is 0 Å². The molecule has 0 saturated heterocycles. The Kier molecular flexibility index (Phi) is 3.62. The molecule has 0 radical (unpaired) electrons. The van der Waals surface area contributed by atoms with Crippen LogP contribution in [0, 0.1) is 27.7 Å². The van der Waals surface area contributed by atoms with Crippen LogP contribution in [0.2, 0.25) is 5.02 Å². The summed E-state index contributed by atoms with van der Waals surface area (Å²) in [7, 11) is 0. The van der Waals surface area contributed by atoms with Gasteiger partial charge in [0.05, 0.1) is 5.56 Å². The molecule has 0 unspecified atom stereocenters. The predicted octanol–water partition coefficient (Wildman–Crippen LogP) is 3.74. The SMILES string of the molecule is Cc1nc(N)c(C)c(Oc2cc(C)c(Cl)c(C)c2)n1. The average molecular weight is 278 g/mol. The monoisotopic (exact) mass is 277 g/mol. The molecule has 100 valence electrons. The second-order valence-corrected chi connectivity index (χ2v) is 4.94. The first-order chi connectivity index (χ1) is 8.88. The van der Waals surface area contributed by atoms with E-state index in [1.54, 1.807) is 6.92 Å². The second-order valence-electron chi connectivity index (χ2n) is 4.56. The van der Waals surface area contributed by atoms with Gasteiger partial charge in [0.15, 0.2) is 0 Å². The fourth-order valence-electron chi connectivity index (χ4n) is 1.80. The minimum atomic E-state index is 0.435. The number of benzene rings is 1. The van der Waals surface area contributed by atoms with Gasteiger partial charge >= 0.3 is 0 Å². The Balaban J connectivity index is 2.42. The topological polar surface area (TPSA) is 61.0 Å². The highest BCUT2D eigenvalue weighted by Gasteiger charge is 2.10. The van der Waals surface area contributed by atoms with Crippen molar-refractivity contribution in [2.75, 3.05) is 5.73 Å². The number of ether oxygens (including phenoxy) is 1. The predicted molar refractivity (Wildman–Crippen MR) is 76.9 cm³/mol. The number of nitrogens with zero attached hydrogens (tertiary/aromatic N) is 2. The van der Waals surface area contributed by atoms with E-state index in [9.17, 15) is 0 Å². The molecule has 0 aliphatic carbocycles. The Morgan fingerprint density at radius 1 is 1.05 bits per heavy atom. The minimum Gasteiger partial charge on any atom is -0.439 e. The molecular formula is C14H16ClN3O. The molecule has 1 heterocycles. The molecule has 2 rings (SSSR count). The van der Waals surface area contributed by atoms with Crippen LogP contribution >= 0.6 is 11.6 Å². The highest BCUT2D eigenvalue weighted by molar-refractivity contribution is 6.32. The van der Waals surface area contributed by atoms with Crippen molar-refractivity contribution in [1.82, 2.24) is 9.97 Å². The van der Waals surface area contributed by atoms with Gasteiger partial charge in [-0.05, 0) is 51.0 Å². The molecule has 19 heavy (non-hydrogen) atoms. The molecule has 0 bridgehead atoms. The van der Waals surface area contributed by atoms with Crippen LogP contribution in [0.15, 0.2) is 12.1 Å². The number of nitrogens with two attached hydrogens (primary N) is 1. The van der Waals surface area contributed by atoms with E-state index >= 15 is 0 Å². The van der Waals surface area contributed by atoms with Crippen LogP contribution in [0.3, 0.4) is 0 Å². The summed E-state index contributed by atoms with van der Waals surface area (Å²) in [4.78, 5) is 8.35. The number of halogens is 1. The van der Waals surface area contributed by atoms with Crippen molar-refractivity contribution in [3.05, 3.63) is 39.7 Å². The van der Waals surface area contributed by atoms with Crippen molar-refractivity contribution < 1.29 is 4.74 Å². The van der Waals surface area contributed by atoms with Gasteiger partial charge in [0, 0.05) is 5.02 Å². The van der Waals surface area contributed by atoms with Crippen LogP contribution in [0.25, 0.3) is 0 Å². The van der Waals surface area contributed by atoms with E-state index in [0.29, 0.717) is 23.3 Å². The van der Waals surface area contributed by atoms with Crippen molar-refractivity contribution >= 4 is 17.4 Å². The summed E-state index contributed by atoms with van der Waals surface area (Å²) in [5, 5.41) is 0.752. The molecule has 2 aromatic rings. The number of hydrogen-bond acceptors (Lipinski definition) is 4. The highest BCUT2D eigenvalue weighted by atomic mass is 35.5. The first-order valence-electron chi connectivity index (χ1n) is 5.94. The van der Waals surface area contributed by atoms with Crippen molar-refractivity contribution in [3.63, 3.8) is 0 Å². The smallest absolute Gasteiger partial charge is 0.227 e. The van der Waals surface area contributed by atoms with Gasteiger partial charge in [-0.3, -0.25) is 0 Å². The summed E-state index contributed by atoms with van der Waals surface area (Å²) >= 11 is 6.13. The fourth-order valence-corrected chi connectivity index (χ4v) is 1.91. The average Bonchev–Trinajstić information content (AvgIpc) is 2.32. The zero-order chi connectivity index (χ0) is 14.2. The van der Waals surface area contributed by atoms with Gasteiger partial charge in [0.1, 0.15) is 17.4 Å². The summed E-state index contributed by atoms with van der Waals surface area (Å²) in [5.74, 6) is 2.19. The lowest BCUT2D eigenvalue weighted by Gasteiger charge is -2.12. The molecule has 5 heteroatoms. The van der Waals surface area contributed by atoms with Crippen LogP contribution in [0.4, 0.5) is 5.82 Å². The maximum Gasteiger partial charge on any atom is 0.227 e. The molecule has 0 aliphatic heterocycles. The molecule has 0 saturated carbocycles. The third-order valence-electron chi connectivity index (χ3n) is 2.88. The van der Waals surface area contributed by atoms with Gasteiger partial charge in [0.2, 0.25) is 5.88 Å². The molecule has 0 spiro atoms. The van der Waals surface area contributed by atoms with Gasteiger partial charge in [-0.15, -0.1) is 0 Å². The number of hydrogen-bond donors (Lipinski definition) is 1. The molecule has 2 N–H and O–H groups in total. The summed E-state index contributed by atoms with van der Waals surface area (Å²) in [6.07, 6.45) is 0. The first-order valence-corrected chi connectivity index (χ1v) is 6.31. The summed E-state index contributed by atoms with van der Waals surface area (Å²) in [6, 6.07) is 3.75. The Bertz CT molecular complexity index is 618. The quantitative estimate of drug-likeness (QED) is 0.908. The lowest BCUT2D eigenvalue weighted by molar-refractivity contribution is 0.455. The Morgan fingerprint density at radius 2 is 1.63 bits per heavy atom. The van der Waals surface area contributed by atoms with E-state index in [2.05, 4.69) is 9.97 Å². The van der Waals surface area contributed by atoms with Gasteiger partial charge in [-0.25, -0.2) is 4.98 Å². The highest BCUT2D eigenvalue weighted by Crippen LogP contribution is 2.30. The number of aryl methyl sites for hydroxylation is 3. The van der Waals surface area contributed by atoms with Crippen LogP contribution in [0.1, 0.15) is 22.5 Å². The maximum atomic E-state index is 6.13. The minimum absolute atomic E-state index is 0.435. The normalized spacial score (nSPS) is 10.6. The van der Waals surface area contributed by atoms with E-state index in [-0.39, 0.29) is 0 Å². The fraction of sp³-hybridized carbons (Fsp3) is 0.286. The third-order valence-corrected chi connectivity index (χ3v) is 3.47. The molecular weight excluding hydrogens is 262 g/mol. The summed E-state index contributed by atoms with van der Waals surface area (Å²) in [5.41, 5.74) is 8.47. The number of aromatic nitrogens is 2. The lowest BCUT2D eigenvalue weighted by Crippen LogP contribution is -2.02. The Labute approximate surface area is 117 Å². The largest absolute Gasteiger partial charge is 0.439 e. The van der Waals surface area contributed by atoms with Crippen molar-refractivity contribution in [2.45, 2.75) is 27.7 Å². The van der Waals surface area contributed by atoms with E-state index in [4.69, 9.17) is 22.1 Å². The Morgan fingerprint density at radius 3 is 2.21 bits per heavy atom. The molecule has 0 amide bonds. The maximum absolute atomic E-state index is 6.13. The molecule has 1 aromatic heterocycles. The van der Waals surface area contributed by atoms with Crippen LogP contribution in [-0.4, -0.2) is 9.97 Å². The standard InChI is InChI=1S/C14H16ClN3O/c1-7-5-11(6-8(2)12(7)15)19-14-9(3)13(16)17-10(4)18-14/h5-6H,1-4H3,(H2,16,17,18). The van der Waals surface area contributed by atoms with Gasteiger partial charge in [0.25, 0.3) is 0 Å². The van der Waals surface area contributed by atoms with E-state index in [0.717, 1.165) is 21.7 Å². The molecule has 0 fully saturated rings. The van der Waals surface area contributed by atoms with E-state index in [1.165, 1.54) is 0 Å². The second kappa shape index (κ2) is 5.05. The number of anilines is 1. The molecule has 0 atom stereocenters.